The van der Waals surface area contributed by atoms with E-state index in [0.29, 0.717) is 0 Å². The Bertz CT molecular complexity index is 3180. The Morgan fingerprint density at radius 3 is 1.73 bits per heavy atom. The van der Waals surface area contributed by atoms with Gasteiger partial charge in [0, 0.05) is 50.1 Å². The molecule has 0 aliphatic carbocycles. The summed E-state index contributed by atoms with van der Waals surface area (Å²) in [6.07, 6.45) is 0. The van der Waals surface area contributed by atoms with Crippen LogP contribution < -0.4 is 4.90 Å². The zero-order chi connectivity index (χ0) is 36.3. The second-order valence-corrected chi connectivity index (χ2v) is 14.1. The van der Waals surface area contributed by atoms with Crippen LogP contribution in [0.15, 0.2) is 211 Å². The minimum atomic E-state index is 0.875. The van der Waals surface area contributed by atoms with Crippen molar-refractivity contribution in [2.24, 2.45) is 0 Å². The first-order chi connectivity index (χ1) is 27.3. The standard InChI is InChI=1S/C52H34N2O/c1-4-14-35(15-5-1)37-24-27-41(28-25-37)53(40-19-8-3-9-20-40)48-33-39-18-10-11-21-43(39)52-51(48)46-32-38(36-16-6-2-7-17-36)26-31-47(46)54(52)42-29-30-45-44-22-12-13-23-49(44)55-50(45)34-42/h1-34H. The van der Waals surface area contributed by atoms with E-state index in [2.05, 4.69) is 204 Å². The van der Waals surface area contributed by atoms with Crippen molar-refractivity contribution in [1.29, 1.82) is 0 Å². The van der Waals surface area contributed by atoms with Gasteiger partial charge in [-0.05, 0) is 88.3 Å². The first kappa shape index (κ1) is 31.2. The molecule has 0 fully saturated rings. The van der Waals surface area contributed by atoms with Gasteiger partial charge in [-0.2, -0.15) is 0 Å². The maximum Gasteiger partial charge on any atom is 0.137 e. The zero-order valence-corrected chi connectivity index (χ0v) is 29.9. The molecule has 55 heavy (non-hydrogen) atoms. The molecule has 0 spiro atoms. The molecule has 0 aliphatic rings. The number of hydrogen-bond donors (Lipinski definition) is 0. The molecule has 11 rings (SSSR count). The van der Waals surface area contributed by atoms with Crippen molar-refractivity contribution in [1.82, 2.24) is 4.57 Å². The largest absolute Gasteiger partial charge is 0.456 e. The van der Waals surface area contributed by atoms with Crippen LogP contribution in [-0.4, -0.2) is 4.57 Å². The highest BCUT2D eigenvalue weighted by Crippen LogP contribution is 2.48. The summed E-state index contributed by atoms with van der Waals surface area (Å²) in [6.45, 7) is 0. The van der Waals surface area contributed by atoms with E-state index in [1.54, 1.807) is 0 Å². The van der Waals surface area contributed by atoms with Crippen molar-refractivity contribution in [3.8, 4) is 27.9 Å². The van der Waals surface area contributed by atoms with Crippen molar-refractivity contribution >= 4 is 71.6 Å². The van der Waals surface area contributed by atoms with Gasteiger partial charge in [0.05, 0.1) is 16.7 Å². The van der Waals surface area contributed by atoms with Gasteiger partial charge in [-0.3, -0.25) is 0 Å². The van der Waals surface area contributed by atoms with Gasteiger partial charge >= 0.3 is 0 Å². The fraction of sp³-hybridized carbons (Fsp3) is 0. The second-order valence-electron chi connectivity index (χ2n) is 14.1. The smallest absolute Gasteiger partial charge is 0.137 e. The van der Waals surface area contributed by atoms with Gasteiger partial charge in [-0.15, -0.1) is 0 Å². The normalized spacial score (nSPS) is 11.6. The maximum absolute atomic E-state index is 6.48. The summed E-state index contributed by atoms with van der Waals surface area (Å²) in [5.41, 5.74) is 13.2. The molecular weight excluding hydrogens is 669 g/mol. The molecule has 0 aliphatic heterocycles. The molecule has 0 radical (unpaired) electrons. The van der Waals surface area contributed by atoms with Gasteiger partial charge in [-0.1, -0.05) is 140 Å². The van der Waals surface area contributed by atoms with Crippen molar-refractivity contribution in [3.05, 3.63) is 206 Å². The highest BCUT2D eigenvalue weighted by molar-refractivity contribution is 6.25. The van der Waals surface area contributed by atoms with Crippen molar-refractivity contribution in [3.63, 3.8) is 0 Å². The molecule has 0 saturated heterocycles. The third-order valence-corrected chi connectivity index (χ3v) is 10.9. The number of rotatable bonds is 6. The third-order valence-electron chi connectivity index (χ3n) is 10.9. The summed E-state index contributed by atoms with van der Waals surface area (Å²) in [5, 5.41) is 6.98. The highest BCUT2D eigenvalue weighted by Gasteiger charge is 2.24. The number of fused-ring (bicyclic) bond motifs is 8. The Balaban J connectivity index is 1.25. The Kier molecular flexibility index (Phi) is 7.17. The first-order valence-corrected chi connectivity index (χ1v) is 18.8. The van der Waals surface area contributed by atoms with Gasteiger partial charge in [0.25, 0.3) is 0 Å². The molecular formula is C52H34N2O. The van der Waals surface area contributed by atoms with E-state index in [-0.39, 0.29) is 0 Å². The molecule has 11 aromatic rings. The lowest BCUT2D eigenvalue weighted by atomic mass is 9.99. The topological polar surface area (TPSA) is 21.3 Å². The minimum Gasteiger partial charge on any atom is -0.456 e. The van der Waals surface area contributed by atoms with E-state index in [1.165, 1.54) is 43.8 Å². The van der Waals surface area contributed by atoms with Crippen molar-refractivity contribution in [2.45, 2.75) is 0 Å². The lowest BCUT2D eigenvalue weighted by molar-refractivity contribution is 0.668. The predicted molar refractivity (Wildman–Crippen MR) is 231 cm³/mol. The zero-order valence-electron chi connectivity index (χ0n) is 29.9. The van der Waals surface area contributed by atoms with Crippen molar-refractivity contribution in [2.75, 3.05) is 4.90 Å². The molecule has 0 saturated carbocycles. The van der Waals surface area contributed by atoms with Crippen LogP contribution in [0.5, 0.6) is 0 Å². The van der Waals surface area contributed by atoms with Crippen LogP contribution in [0.3, 0.4) is 0 Å². The molecule has 9 aromatic carbocycles. The maximum atomic E-state index is 6.48. The number of benzene rings is 9. The van der Waals surface area contributed by atoms with Crippen LogP contribution in [0, 0.1) is 0 Å². The predicted octanol–water partition coefficient (Wildman–Crippen LogP) is 14.6. The molecule has 258 valence electrons. The van der Waals surface area contributed by atoms with Crippen LogP contribution in [0.1, 0.15) is 0 Å². The number of nitrogens with zero attached hydrogens (tertiary/aromatic N) is 2. The molecule has 0 amide bonds. The van der Waals surface area contributed by atoms with E-state index in [0.717, 1.165) is 55.7 Å². The lowest BCUT2D eigenvalue weighted by Crippen LogP contribution is -2.10. The number of furan rings is 1. The van der Waals surface area contributed by atoms with Crippen LogP contribution >= 0.6 is 0 Å². The first-order valence-electron chi connectivity index (χ1n) is 18.8. The number of para-hydroxylation sites is 2. The summed E-state index contributed by atoms with van der Waals surface area (Å²) < 4.78 is 8.92. The van der Waals surface area contributed by atoms with Gasteiger partial charge in [0.15, 0.2) is 0 Å². The molecule has 2 heterocycles. The van der Waals surface area contributed by atoms with E-state index >= 15 is 0 Å². The third kappa shape index (κ3) is 5.13. The molecule has 3 heteroatoms. The summed E-state index contributed by atoms with van der Waals surface area (Å²) >= 11 is 0. The number of aromatic nitrogens is 1. The Morgan fingerprint density at radius 2 is 0.964 bits per heavy atom. The van der Waals surface area contributed by atoms with E-state index in [4.69, 9.17) is 4.42 Å². The average Bonchev–Trinajstić information content (AvgIpc) is 3.81. The van der Waals surface area contributed by atoms with Gasteiger partial charge in [0.1, 0.15) is 11.2 Å². The highest BCUT2D eigenvalue weighted by atomic mass is 16.3. The molecule has 2 aromatic heterocycles. The molecule has 0 N–H and O–H groups in total. The SMILES string of the molecule is c1ccc(-c2ccc(N(c3ccccc3)c3cc4ccccc4c4c3c3cc(-c5ccccc5)ccc3n4-c3ccc4c(c3)oc3ccccc34)cc2)cc1. The minimum absolute atomic E-state index is 0.875. The van der Waals surface area contributed by atoms with Crippen LogP contribution in [0.4, 0.5) is 17.1 Å². The summed E-state index contributed by atoms with van der Waals surface area (Å²) in [5.74, 6) is 0. The molecule has 0 atom stereocenters. The van der Waals surface area contributed by atoms with E-state index in [9.17, 15) is 0 Å². The van der Waals surface area contributed by atoms with Gasteiger partial charge in [0.2, 0.25) is 0 Å². The van der Waals surface area contributed by atoms with E-state index in [1.807, 2.05) is 12.1 Å². The van der Waals surface area contributed by atoms with Crippen molar-refractivity contribution < 1.29 is 4.42 Å². The Hall–Kier alpha value is -7.36. The van der Waals surface area contributed by atoms with E-state index < -0.39 is 0 Å². The Morgan fingerprint density at radius 1 is 0.382 bits per heavy atom. The van der Waals surface area contributed by atoms with Crippen LogP contribution in [-0.2, 0) is 0 Å². The number of hydrogen-bond acceptors (Lipinski definition) is 2. The fourth-order valence-corrected chi connectivity index (χ4v) is 8.41. The summed E-state index contributed by atoms with van der Waals surface area (Å²) in [6, 6.07) is 74.0. The summed E-state index contributed by atoms with van der Waals surface area (Å²) in [4.78, 5) is 2.42. The average molecular weight is 703 g/mol. The quantitative estimate of drug-likeness (QED) is 0.172. The number of anilines is 3. The fourth-order valence-electron chi connectivity index (χ4n) is 8.41. The van der Waals surface area contributed by atoms with Gasteiger partial charge < -0.3 is 13.9 Å². The Labute approximate surface area is 318 Å². The molecule has 0 unspecified atom stereocenters. The molecule has 3 nitrogen and oxygen atoms in total. The van der Waals surface area contributed by atoms with Crippen LogP contribution in [0.25, 0.3) is 82.5 Å². The van der Waals surface area contributed by atoms with Gasteiger partial charge in [-0.25, -0.2) is 0 Å². The monoisotopic (exact) mass is 702 g/mol. The molecule has 0 bridgehead atoms. The van der Waals surface area contributed by atoms with Crippen LogP contribution in [0.2, 0.25) is 0 Å². The second kappa shape index (κ2) is 12.6. The summed E-state index contributed by atoms with van der Waals surface area (Å²) in [7, 11) is 0. The lowest BCUT2D eigenvalue weighted by Gasteiger charge is -2.27.